The molecule has 2 aromatic heterocycles. The van der Waals surface area contributed by atoms with Crippen molar-refractivity contribution in [2.45, 2.75) is 12.0 Å². The van der Waals surface area contributed by atoms with Crippen molar-refractivity contribution in [3.63, 3.8) is 0 Å². The summed E-state index contributed by atoms with van der Waals surface area (Å²) < 4.78 is 4.85. The van der Waals surface area contributed by atoms with Gasteiger partial charge in [-0.25, -0.2) is 0 Å². The highest BCUT2D eigenvalue weighted by atomic mass is 15.2. The van der Waals surface area contributed by atoms with Crippen LogP contribution >= 0.6 is 0 Å². The number of hydrogen-bond acceptors (Lipinski definition) is 1. The molecule has 3 heterocycles. The summed E-state index contributed by atoms with van der Waals surface area (Å²) in [6.07, 6.45) is 9.12. The van der Waals surface area contributed by atoms with Gasteiger partial charge in [0.15, 0.2) is 0 Å². The van der Waals surface area contributed by atoms with Crippen molar-refractivity contribution < 1.29 is 0 Å². The molecule has 12 rings (SSSR count). The molecule has 0 fully saturated rings. The highest BCUT2D eigenvalue weighted by Gasteiger charge is 2.37. The molecule has 57 heavy (non-hydrogen) atoms. The molecule has 2 unspecified atom stereocenters. The lowest BCUT2D eigenvalue weighted by atomic mass is 9.91. The molecule has 0 spiro atoms. The Kier molecular flexibility index (Phi) is 7.05. The first-order chi connectivity index (χ1) is 28.3. The van der Waals surface area contributed by atoms with Gasteiger partial charge < -0.3 is 14.0 Å². The minimum Gasteiger partial charge on any atom is -0.333 e. The van der Waals surface area contributed by atoms with Gasteiger partial charge in [0.25, 0.3) is 0 Å². The molecule has 1 aliphatic carbocycles. The largest absolute Gasteiger partial charge is 0.333 e. The van der Waals surface area contributed by atoms with Gasteiger partial charge in [0.05, 0.1) is 28.1 Å². The number of hydrogen-bond donors (Lipinski definition) is 0. The fraction of sp³-hybridized carbons (Fsp3) is 0.0370. The maximum absolute atomic E-state index is 2.56. The van der Waals surface area contributed by atoms with Gasteiger partial charge in [0.2, 0.25) is 0 Å². The van der Waals surface area contributed by atoms with Crippen molar-refractivity contribution in [2.24, 2.45) is 0 Å². The van der Waals surface area contributed by atoms with E-state index in [0.29, 0.717) is 5.92 Å². The average Bonchev–Trinajstić information content (AvgIpc) is 3.92. The average molecular weight is 728 g/mol. The second-order valence-electron chi connectivity index (χ2n) is 15.3. The number of anilines is 2. The van der Waals surface area contributed by atoms with E-state index < -0.39 is 0 Å². The van der Waals surface area contributed by atoms with Crippen LogP contribution in [0, 0.1) is 0 Å². The molecule has 3 nitrogen and oxygen atoms in total. The van der Waals surface area contributed by atoms with Gasteiger partial charge in [-0.3, -0.25) is 0 Å². The van der Waals surface area contributed by atoms with Crippen molar-refractivity contribution in [1.29, 1.82) is 0 Å². The zero-order chi connectivity index (χ0) is 37.5. The van der Waals surface area contributed by atoms with E-state index in [9.17, 15) is 0 Å². The Morgan fingerprint density at radius 2 is 0.807 bits per heavy atom. The van der Waals surface area contributed by atoms with Crippen LogP contribution in [0.3, 0.4) is 0 Å². The van der Waals surface area contributed by atoms with E-state index in [0.717, 1.165) is 11.4 Å². The fourth-order valence-electron chi connectivity index (χ4n) is 9.72. The lowest BCUT2D eigenvalue weighted by molar-refractivity contribution is 0.744. The number of benzene rings is 8. The first-order valence-electron chi connectivity index (χ1n) is 19.8. The third-order valence-corrected chi connectivity index (χ3v) is 12.2. The van der Waals surface area contributed by atoms with Gasteiger partial charge in [-0.15, -0.1) is 0 Å². The zero-order valence-electron chi connectivity index (χ0n) is 31.2. The predicted molar refractivity (Wildman–Crippen MR) is 239 cm³/mol. The summed E-state index contributed by atoms with van der Waals surface area (Å²) in [5.41, 5.74) is 15.7. The van der Waals surface area contributed by atoms with Crippen molar-refractivity contribution in [3.8, 4) is 33.6 Å². The van der Waals surface area contributed by atoms with E-state index in [1.165, 1.54) is 82.8 Å². The Morgan fingerprint density at radius 1 is 0.333 bits per heavy atom. The monoisotopic (exact) mass is 727 g/mol. The number of nitrogens with zero attached hydrogens (tertiary/aromatic N) is 3. The van der Waals surface area contributed by atoms with Gasteiger partial charge in [-0.1, -0.05) is 146 Å². The van der Waals surface area contributed by atoms with E-state index in [4.69, 9.17) is 0 Å². The van der Waals surface area contributed by atoms with Crippen LogP contribution in [0.2, 0.25) is 0 Å². The maximum atomic E-state index is 2.56. The van der Waals surface area contributed by atoms with E-state index in [-0.39, 0.29) is 6.04 Å². The Balaban J connectivity index is 1.05. The van der Waals surface area contributed by atoms with Crippen molar-refractivity contribution in [1.82, 2.24) is 9.13 Å². The molecule has 0 saturated heterocycles. The number of allylic oxidation sites excluding steroid dienone is 2. The van der Waals surface area contributed by atoms with E-state index >= 15 is 0 Å². The van der Waals surface area contributed by atoms with Gasteiger partial charge >= 0.3 is 0 Å². The maximum Gasteiger partial charge on any atom is 0.0629 e. The Hall–Kier alpha value is -7.36. The summed E-state index contributed by atoms with van der Waals surface area (Å²) in [4.78, 5) is 2.56. The SMILES string of the molecule is C1=CC2c3ccccc3N(c3cc(-c4cccc(-c5cccc(-n6c7ccccc7c7ccccc76)c5)c4)cc(-n4c5ccccc5c5ccccc54)c3)C2C=C1. The van der Waals surface area contributed by atoms with Crippen LogP contribution in [0.25, 0.3) is 77.2 Å². The van der Waals surface area contributed by atoms with E-state index in [2.05, 4.69) is 226 Å². The molecule has 268 valence electrons. The van der Waals surface area contributed by atoms with Gasteiger partial charge in [0, 0.05) is 50.2 Å². The molecule has 0 bridgehead atoms. The molecule has 3 heteroatoms. The number of para-hydroxylation sites is 5. The predicted octanol–water partition coefficient (Wildman–Crippen LogP) is 13.9. The van der Waals surface area contributed by atoms with Crippen LogP contribution in [-0.4, -0.2) is 15.2 Å². The molecule has 0 N–H and O–H groups in total. The summed E-state index contributed by atoms with van der Waals surface area (Å²) in [7, 11) is 0. The smallest absolute Gasteiger partial charge is 0.0629 e. The second kappa shape index (κ2) is 12.6. The summed E-state index contributed by atoms with van der Waals surface area (Å²) >= 11 is 0. The van der Waals surface area contributed by atoms with Crippen LogP contribution in [-0.2, 0) is 0 Å². The fourth-order valence-corrected chi connectivity index (χ4v) is 9.72. The van der Waals surface area contributed by atoms with Crippen molar-refractivity contribution in [2.75, 3.05) is 4.90 Å². The normalized spacial score (nSPS) is 15.9. The summed E-state index contributed by atoms with van der Waals surface area (Å²) in [6.45, 7) is 0. The van der Waals surface area contributed by atoms with Crippen LogP contribution in [0.15, 0.2) is 212 Å². The topological polar surface area (TPSA) is 13.1 Å². The number of rotatable bonds is 5. The molecule has 0 amide bonds. The summed E-state index contributed by atoms with van der Waals surface area (Å²) in [5.74, 6) is 0.302. The van der Waals surface area contributed by atoms with E-state index in [1.54, 1.807) is 0 Å². The van der Waals surface area contributed by atoms with Gasteiger partial charge in [-0.2, -0.15) is 0 Å². The lowest BCUT2D eigenvalue weighted by Gasteiger charge is -2.30. The molecule has 1 aliphatic heterocycles. The molecule has 8 aromatic carbocycles. The quantitative estimate of drug-likeness (QED) is 0.172. The standard InChI is InChI=1S/C54H37N3/c1-7-25-49-43(19-1)44-20-2-8-26-50(44)55(49)40-18-14-17-38(32-40)36-15-13-16-37(31-36)39-33-41(56-51-27-9-3-21-45(51)46-22-4-10-28-52(46)56)35-42(34-39)57-53-29-11-5-23-47(53)48-24-6-12-30-54(48)57/h1-35,45,51H. The Bertz CT molecular complexity index is 3180. The van der Waals surface area contributed by atoms with Crippen molar-refractivity contribution in [3.05, 3.63) is 218 Å². The highest BCUT2D eigenvalue weighted by Crippen LogP contribution is 2.49. The molecule has 0 saturated carbocycles. The molecular formula is C54H37N3. The third-order valence-electron chi connectivity index (χ3n) is 12.2. The highest BCUT2D eigenvalue weighted by molar-refractivity contribution is 6.10. The molecule has 0 radical (unpaired) electrons. The summed E-state index contributed by atoms with van der Waals surface area (Å²) in [5, 5.41) is 5.06. The van der Waals surface area contributed by atoms with Crippen LogP contribution < -0.4 is 4.90 Å². The minimum absolute atomic E-state index is 0.198. The first kappa shape index (κ1) is 31.9. The molecule has 2 aliphatic rings. The van der Waals surface area contributed by atoms with Crippen LogP contribution in [0.5, 0.6) is 0 Å². The van der Waals surface area contributed by atoms with Crippen LogP contribution in [0.1, 0.15) is 11.5 Å². The van der Waals surface area contributed by atoms with Gasteiger partial charge in [-0.05, 0) is 94.5 Å². The number of fused-ring (bicyclic) bond motifs is 9. The summed E-state index contributed by atoms with van der Waals surface area (Å²) in [6, 6.07) is 69.4. The molecule has 10 aromatic rings. The number of aromatic nitrogens is 2. The van der Waals surface area contributed by atoms with E-state index in [1.807, 2.05) is 0 Å². The third kappa shape index (κ3) is 4.92. The molecular weight excluding hydrogens is 691 g/mol. The first-order valence-corrected chi connectivity index (χ1v) is 19.8. The minimum atomic E-state index is 0.198. The second-order valence-corrected chi connectivity index (χ2v) is 15.3. The lowest BCUT2D eigenvalue weighted by Crippen LogP contribution is -2.28. The van der Waals surface area contributed by atoms with Crippen molar-refractivity contribution >= 4 is 55.0 Å². The Morgan fingerprint density at radius 3 is 1.46 bits per heavy atom. The molecule has 2 atom stereocenters. The Labute approximate surface area is 331 Å². The zero-order valence-corrected chi connectivity index (χ0v) is 31.2. The van der Waals surface area contributed by atoms with Crippen LogP contribution in [0.4, 0.5) is 11.4 Å². The van der Waals surface area contributed by atoms with Gasteiger partial charge in [0.1, 0.15) is 0 Å².